The molecule has 154 valence electrons. The second-order valence-corrected chi connectivity index (χ2v) is 6.66. The number of hydrogen-bond donors (Lipinski definition) is 1. The molecule has 1 aliphatic rings. The number of benzene rings is 1. The van der Waals surface area contributed by atoms with Gasteiger partial charge in [0.1, 0.15) is 0 Å². The highest BCUT2D eigenvalue weighted by Crippen LogP contribution is 2.36. The maximum atomic E-state index is 11.9. The molecule has 1 heterocycles. The van der Waals surface area contributed by atoms with Gasteiger partial charge in [0.15, 0.2) is 18.1 Å². The number of rotatable bonds is 9. The van der Waals surface area contributed by atoms with E-state index in [4.69, 9.17) is 18.9 Å². The van der Waals surface area contributed by atoms with Crippen molar-refractivity contribution in [2.24, 2.45) is 5.10 Å². The fourth-order valence-corrected chi connectivity index (χ4v) is 3.04. The third kappa shape index (κ3) is 7.10. The summed E-state index contributed by atoms with van der Waals surface area (Å²) in [5.41, 5.74) is 3.18. The third-order valence-corrected chi connectivity index (χ3v) is 4.35. The first kappa shape index (κ1) is 22.1. The Morgan fingerprint density at radius 3 is 2.79 bits per heavy atom. The van der Waals surface area contributed by atoms with Crippen molar-refractivity contribution >= 4 is 34.0 Å². The van der Waals surface area contributed by atoms with Crippen LogP contribution in [0.1, 0.15) is 12.5 Å². The first-order valence-corrected chi connectivity index (χ1v) is 9.60. The summed E-state index contributed by atoms with van der Waals surface area (Å²) in [6.07, 6.45) is 1.50. The van der Waals surface area contributed by atoms with E-state index in [2.05, 4.69) is 26.5 Å². The van der Waals surface area contributed by atoms with Crippen LogP contribution in [0.4, 0.5) is 0 Å². The summed E-state index contributed by atoms with van der Waals surface area (Å²) < 4.78 is 21.5. The van der Waals surface area contributed by atoms with E-state index in [1.54, 1.807) is 19.1 Å². The Balaban J connectivity index is 1.93. The molecule has 1 amide bonds. The Bertz CT molecular complexity index is 707. The summed E-state index contributed by atoms with van der Waals surface area (Å²) in [5, 5.41) is 3.98. The van der Waals surface area contributed by atoms with Gasteiger partial charge in [-0.3, -0.25) is 9.69 Å². The number of carbonyl (C=O) groups excluding carboxylic acids is 2. The Morgan fingerprint density at radius 2 is 2.11 bits per heavy atom. The van der Waals surface area contributed by atoms with Crippen molar-refractivity contribution in [3.63, 3.8) is 0 Å². The van der Waals surface area contributed by atoms with E-state index < -0.39 is 5.97 Å². The molecular formula is C18H24BrN3O6. The molecule has 10 heteroatoms. The van der Waals surface area contributed by atoms with Gasteiger partial charge in [0.2, 0.25) is 0 Å². The van der Waals surface area contributed by atoms with Gasteiger partial charge in [0.25, 0.3) is 5.91 Å². The second-order valence-electron chi connectivity index (χ2n) is 5.81. The van der Waals surface area contributed by atoms with E-state index in [1.807, 2.05) is 4.90 Å². The molecule has 1 aromatic rings. The molecule has 2 rings (SSSR count). The lowest BCUT2D eigenvalue weighted by Gasteiger charge is -2.25. The molecule has 9 nitrogen and oxygen atoms in total. The van der Waals surface area contributed by atoms with Gasteiger partial charge >= 0.3 is 5.97 Å². The SMILES string of the molecule is CCOC(=O)COc1c(Br)cc(/C=N\NC(=O)CN2CCOCC2)cc1OC. The summed E-state index contributed by atoms with van der Waals surface area (Å²) in [6, 6.07) is 3.42. The number of morpholine rings is 1. The number of nitrogens with one attached hydrogen (secondary N) is 1. The van der Waals surface area contributed by atoms with Gasteiger partial charge in [0.05, 0.1) is 44.2 Å². The van der Waals surface area contributed by atoms with Crippen molar-refractivity contribution in [1.82, 2.24) is 10.3 Å². The van der Waals surface area contributed by atoms with Gasteiger partial charge < -0.3 is 18.9 Å². The van der Waals surface area contributed by atoms with Crippen molar-refractivity contribution in [3.05, 3.63) is 22.2 Å². The first-order valence-electron chi connectivity index (χ1n) is 8.81. The highest BCUT2D eigenvalue weighted by molar-refractivity contribution is 9.10. The molecule has 0 saturated carbocycles. The van der Waals surface area contributed by atoms with Crippen molar-refractivity contribution < 1.29 is 28.5 Å². The van der Waals surface area contributed by atoms with Crippen LogP contribution in [-0.2, 0) is 19.1 Å². The molecule has 1 aromatic carbocycles. The quantitative estimate of drug-likeness (QED) is 0.337. The van der Waals surface area contributed by atoms with E-state index in [0.717, 1.165) is 13.1 Å². The molecule has 0 spiro atoms. The summed E-state index contributed by atoms with van der Waals surface area (Å²) >= 11 is 3.39. The van der Waals surface area contributed by atoms with Crippen molar-refractivity contribution in [2.45, 2.75) is 6.92 Å². The Kier molecular flexibility index (Phi) is 9.18. The lowest BCUT2D eigenvalue weighted by atomic mass is 10.2. The lowest BCUT2D eigenvalue weighted by molar-refractivity contribution is -0.145. The van der Waals surface area contributed by atoms with Crippen LogP contribution in [0.3, 0.4) is 0 Å². The molecule has 28 heavy (non-hydrogen) atoms. The van der Waals surface area contributed by atoms with Gasteiger partial charge in [0, 0.05) is 13.1 Å². The highest BCUT2D eigenvalue weighted by atomic mass is 79.9. The van der Waals surface area contributed by atoms with Gasteiger partial charge in [-0.05, 0) is 40.5 Å². The Morgan fingerprint density at radius 1 is 1.36 bits per heavy atom. The maximum Gasteiger partial charge on any atom is 0.344 e. The van der Waals surface area contributed by atoms with E-state index in [0.29, 0.717) is 34.7 Å². The first-order chi connectivity index (χ1) is 13.5. The average Bonchev–Trinajstić information content (AvgIpc) is 2.67. The minimum Gasteiger partial charge on any atom is -0.493 e. The van der Waals surface area contributed by atoms with E-state index >= 15 is 0 Å². The number of ether oxygens (including phenoxy) is 4. The molecule has 1 fully saturated rings. The minimum atomic E-state index is -0.468. The number of methoxy groups -OCH3 is 1. The fraction of sp³-hybridized carbons (Fsp3) is 0.500. The molecule has 0 atom stereocenters. The zero-order chi connectivity index (χ0) is 20.4. The normalized spacial score (nSPS) is 14.7. The monoisotopic (exact) mass is 457 g/mol. The van der Waals surface area contributed by atoms with Crippen LogP contribution in [0.2, 0.25) is 0 Å². The lowest BCUT2D eigenvalue weighted by Crippen LogP contribution is -2.42. The number of carbonyl (C=O) groups is 2. The van der Waals surface area contributed by atoms with Crippen LogP contribution >= 0.6 is 15.9 Å². The summed E-state index contributed by atoms with van der Waals surface area (Å²) in [6.45, 7) is 4.78. The topological polar surface area (TPSA) is 98.7 Å². The predicted octanol–water partition coefficient (Wildman–Crippen LogP) is 1.18. The van der Waals surface area contributed by atoms with Crippen molar-refractivity contribution in [3.8, 4) is 11.5 Å². The van der Waals surface area contributed by atoms with Gasteiger partial charge in [-0.15, -0.1) is 0 Å². The molecule has 1 saturated heterocycles. The smallest absolute Gasteiger partial charge is 0.344 e. The number of hydrogen-bond acceptors (Lipinski definition) is 8. The van der Waals surface area contributed by atoms with Crippen molar-refractivity contribution in [2.75, 3.05) is 53.2 Å². The number of halogens is 1. The number of esters is 1. The van der Waals surface area contributed by atoms with Gasteiger partial charge in [-0.2, -0.15) is 5.10 Å². The van der Waals surface area contributed by atoms with E-state index in [-0.39, 0.29) is 25.7 Å². The third-order valence-electron chi connectivity index (χ3n) is 3.77. The minimum absolute atomic E-state index is 0.196. The molecule has 0 bridgehead atoms. The van der Waals surface area contributed by atoms with E-state index in [9.17, 15) is 9.59 Å². The molecule has 1 aliphatic heterocycles. The van der Waals surface area contributed by atoms with Crippen molar-refractivity contribution in [1.29, 1.82) is 0 Å². The zero-order valence-electron chi connectivity index (χ0n) is 15.9. The van der Waals surface area contributed by atoms with Crippen LogP contribution in [0.15, 0.2) is 21.7 Å². The predicted molar refractivity (Wildman–Crippen MR) is 106 cm³/mol. The number of nitrogens with zero attached hydrogens (tertiary/aromatic N) is 2. The molecule has 1 N–H and O–H groups in total. The van der Waals surface area contributed by atoms with Gasteiger partial charge in [-0.1, -0.05) is 0 Å². The zero-order valence-corrected chi connectivity index (χ0v) is 17.5. The molecule has 0 aliphatic carbocycles. The van der Waals surface area contributed by atoms with Gasteiger partial charge in [-0.25, -0.2) is 10.2 Å². The number of hydrazone groups is 1. The Labute approximate surface area is 172 Å². The summed E-state index contributed by atoms with van der Waals surface area (Å²) in [5.74, 6) is 0.132. The highest BCUT2D eigenvalue weighted by Gasteiger charge is 2.15. The number of amides is 1. The molecule has 0 unspecified atom stereocenters. The largest absolute Gasteiger partial charge is 0.493 e. The average molecular weight is 458 g/mol. The standard InChI is InChI=1S/C18H24BrN3O6/c1-3-27-17(24)12-28-18-14(19)8-13(9-15(18)25-2)10-20-21-16(23)11-22-4-6-26-7-5-22/h8-10H,3-7,11-12H2,1-2H3,(H,21,23)/b20-10-. The van der Waals surface area contributed by atoms with Crippen LogP contribution in [0.25, 0.3) is 0 Å². The summed E-state index contributed by atoms with van der Waals surface area (Å²) in [4.78, 5) is 25.4. The van der Waals surface area contributed by atoms with Crippen LogP contribution in [0, 0.1) is 0 Å². The van der Waals surface area contributed by atoms with Crippen LogP contribution < -0.4 is 14.9 Å². The fourth-order valence-electron chi connectivity index (χ4n) is 2.46. The Hall–Kier alpha value is -2.17. The van der Waals surface area contributed by atoms with Crippen LogP contribution in [0.5, 0.6) is 11.5 Å². The van der Waals surface area contributed by atoms with Crippen LogP contribution in [-0.4, -0.2) is 76.2 Å². The molecule has 0 radical (unpaired) electrons. The molecular weight excluding hydrogens is 434 g/mol. The van der Waals surface area contributed by atoms with E-state index in [1.165, 1.54) is 13.3 Å². The molecule has 0 aromatic heterocycles. The maximum absolute atomic E-state index is 11.9. The summed E-state index contributed by atoms with van der Waals surface area (Å²) in [7, 11) is 1.49. The second kappa shape index (κ2) is 11.6.